The third kappa shape index (κ3) is 3.78. The molecule has 0 aromatic heterocycles. The molecule has 0 saturated carbocycles. The quantitative estimate of drug-likeness (QED) is 0.898. The van der Waals surface area contributed by atoms with Crippen molar-refractivity contribution in [3.05, 3.63) is 70.2 Å². The fourth-order valence-corrected chi connectivity index (χ4v) is 2.39. The molecule has 0 bridgehead atoms. The average molecular weight is 297 g/mol. The van der Waals surface area contributed by atoms with Gasteiger partial charge in [0, 0.05) is 12.8 Å². The summed E-state index contributed by atoms with van der Waals surface area (Å²) in [5.41, 5.74) is 0.0204. The van der Waals surface area contributed by atoms with Crippen LogP contribution in [0, 0.1) is 11.6 Å². The van der Waals surface area contributed by atoms with Crippen LogP contribution in [0.1, 0.15) is 18.1 Å². The largest absolute Gasteiger partial charge is 0.389 e. The Bertz CT molecular complexity index is 594. The van der Waals surface area contributed by atoms with Gasteiger partial charge in [0.25, 0.3) is 0 Å². The summed E-state index contributed by atoms with van der Waals surface area (Å²) in [4.78, 5) is 0. The maximum Gasteiger partial charge on any atom is 0.145 e. The highest BCUT2D eigenvalue weighted by atomic mass is 35.5. The zero-order valence-electron chi connectivity index (χ0n) is 11.0. The maximum absolute atomic E-state index is 13.8. The molecule has 0 saturated heterocycles. The van der Waals surface area contributed by atoms with Crippen LogP contribution in [-0.4, -0.2) is 10.7 Å². The Labute approximate surface area is 121 Å². The predicted octanol–water partition coefficient (Wildman–Crippen LogP) is 4.15. The van der Waals surface area contributed by atoms with E-state index in [9.17, 15) is 13.9 Å². The zero-order chi connectivity index (χ0) is 14.8. The molecule has 2 aromatic rings. The molecule has 2 rings (SSSR count). The summed E-state index contributed by atoms with van der Waals surface area (Å²) in [5.74, 6) is -0.831. The summed E-state index contributed by atoms with van der Waals surface area (Å²) < 4.78 is 26.7. The first-order chi connectivity index (χ1) is 9.37. The number of benzene rings is 2. The lowest BCUT2D eigenvalue weighted by atomic mass is 9.89. The molecule has 1 unspecified atom stereocenters. The fourth-order valence-electron chi connectivity index (χ4n) is 2.20. The van der Waals surface area contributed by atoms with Gasteiger partial charge >= 0.3 is 0 Å². The first-order valence-electron chi connectivity index (χ1n) is 6.27. The average Bonchev–Trinajstić information content (AvgIpc) is 2.37. The van der Waals surface area contributed by atoms with Crippen molar-refractivity contribution in [2.24, 2.45) is 0 Å². The van der Waals surface area contributed by atoms with Crippen LogP contribution >= 0.6 is 11.6 Å². The van der Waals surface area contributed by atoms with Gasteiger partial charge in [0.2, 0.25) is 0 Å². The number of hydrogen-bond acceptors (Lipinski definition) is 1. The van der Waals surface area contributed by atoms with E-state index >= 15 is 0 Å². The smallest absolute Gasteiger partial charge is 0.145 e. The Morgan fingerprint density at radius 1 is 1.05 bits per heavy atom. The summed E-state index contributed by atoms with van der Waals surface area (Å²) in [7, 11) is 0. The van der Waals surface area contributed by atoms with E-state index in [-0.39, 0.29) is 17.3 Å². The van der Waals surface area contributed by atoms with Gasteiger partial charge in [0.15, 0.2) is 0 Å². The standard InChI is InChI=1S/C16H15ClF2O/c1-16(20,9-11-5-7-13(18)8-6-11)10-12-3-2-4-14(17)15(12)19/h2-8,20H,9-10H2,1H3. The third-order valence-electron chi connectivity index (χ3n) is 3.10. The van der Waals surface area contributed by atoms with Crippen LogP contribution in [-0.2, 0) is 12.8 Å². The van der Waals surface area contributed by atoms with Gasteiger partial charge in [-0.3, -0.25) is 0 Å². The molecule has 2 aromatic carbocycles. The Morgan fingerprint density at radius 3 is 2.35 bits per heavy atom. The summed E-state index contributed by atoms with van der Waals surface area (Å²) in [6.07, 6.45) is 0.440. The Hall–Kier alpha value is -1.45. The molecular weight excluding hydrogens is 282 g/mol. The van der Waals surface area contributed by atoms with Crippen LogP contribution in [0.15, 0.2) is 42.5 Å². The highest BCUT2D eigenvalue weighted by molar-refractivity contribution is 6.30. The van der Waals surface area contributed by atoms with Crippen LogP contribution in [0.5, 0.6) is 0 Å². The number of aliphatic hydroxyl groups is 1. The second kappa shape index (κ2) is 5.90. The molecule has 20 heavy (non-hydrogen) atoms. The lowest BCUT2D eigenvalue weighted by Gasteiger charge is -2.24. The van der Waals surface area contributed by atoms with Crippen molar-refractivity contribution in [1.29, 1.82) is 0 Å². The summed E-state index contributed by atoms with van der Waals surface area (Å²) >= 11 is 5.72. The van der Waals surface area contributed by atoms with Gasteiger partial charge in [-0.2, -0.15) is 0 Å². The molecule has 1 atom stereocenters. The molecule has 106 valence electrons. The van der Waals surface area contributed by atoms with Gasteiger partial charge in [0.05, 0.1) is 10.6 Å². The van der Waals surface area contributed by atoms with Gasteiger partial charge in [-0.1, -0.05) is 35.9 Å². The number of rotatable bonds is 4. The van der Waals surface area contributed by atoms with E-state index in [4.69, 9.17) is 11.6 Å². The molecule has 1 nitrogen and oxygen atoms in total. The van der Waals surface area contributed by atoms with Gasteiger partial charge in [-0.15, -0.1) is 0 Å². The molecule has 0 aliphatic carbocycles. The Kier molecular flexibility index (Phi) is 4.41. The van der Waals surface area contributed by atoms with Crippen molar-refractivity contribution in [2.45, 2.75) is 25.4 Å². The van der Waals surface area contributed by atoms with Gasteiger partial charge < -0.3 is 5.11 Å². The van der Waals surface area contributed by atoms with E-state index in [2.05, 4.69) is 0 Å². The van der Waals surface area contributed by atoms with Gasteiger partial charge in [-0.05, 0) is 36.2 Å². The molecule has 0 amide bonds. The Balaban J connectivity index is 2.14. The van der Waals surface area contributed by atoms with Crippen LogP contribution in [0.3, 0.4) is 0 Å². The molecule has 0 fully saturated rings. The number of halogens is 3. The highest BCUT2D eigenvalue weighted by Crippen LogP contribution is 2.24. The van der Waals surface area contributed by atoms with Crippen LogP contribution < -0.4 is 0 Å². The predicted molar refractivity (Wildman–Crippen MR) is 75.8 cm³/mol. The summed E-state index contributed by atoms with van der Waals surface area (Å²) in [6.45, 7) is 1.62. The van der Waals surface area contributed by atoms with Crippen molar-refractivity contribution in [1.82, 2.24) is 0 Å². The molecule has 0 heterocycles. The SMILES string of the molecule is CC(O)(Cc1ccc(F)cc1)Cc1cccc(Cl)c1F. The van der Waals surface area contributed by atoms with Crippen LogP contribution in [0.4, 0.5) is 8.78 Å². The van der Waals surface area contributed by atoms with E-state index in [0.717, 1.165) is 5.56 Å². The lowest BCUT2D eigenvalue weighted by Crippen LogP contribution is -2.30. The van der Waals surface area contributed by atoms with Crippen molar-refractivity contribution in [3.63, 3.8) is 0 Å². The molecule has 0 spiro atoms. The van der Waals surface area contributed by atoms with Gasteiger partial charge in [0.1, 0.15) is 11.6 Å². The molecule has 0 radical (unpaired) electrons. The van der Waals surface area contributed by atoms with Crippen molar-refractivity contribution in [2.75, 3.05) is 0 Å². The van der Waals surface area contributed by atoms with Crippen LogP contribution in [0.25, 0.3) is 0 Å². The first kappa shape index (κ1) is 14.9. The number of hydrogen-bond donors (Lipinski definition) is 1. The fraction of sp³-hybridized carbons (Fsp3) is 0.250. The van der Waals surface area contributed by atoms with E-state index in [0.29, 0.717) is 12.0 Å². The minimum absolute atomic E-state index is 0.0417. The highest BCUT2D eigenvalue weighted by Gasteiger charge is 2.23. The zero-order valence-corrected chi connectivity index (χ0v) is 11.8. The third-order valence-corrected chi connectivity index (χ3v) is 3.39. The summed E-state index contributed by atoms with van der Waals surface area (Å²) in [6, 6.07) is 10.6. The molecule has 0 aliphatic heterocycles. The first-order valence-corrected chi connectivity index (χ1v) is 6.65. The second-order valence-electron chi connectivity index (χ2n) is 5.19. The second-order valence-corrected chi connectivity index (χ2v) is 5.60. The van der Waals surface area contributed by atoms with E-state index in [1.807, 2.05) is 0 Å². The lowest BCUT2D eigenvalue weighted by molar-refractivity contribution is 0.0599. The Morgan fingerprint density at radius 2 is 1.70 bits per heavy atom. The molecule has 1 N–H and O–H groups in total. The molecule has 4 heteroatoms. The minimum Gasteiger partial charge on any atom is -0.389 e. The van der Waals surface area contributed by atoms with E-state index < -0.39 is 11.4 Å². The maximum atomic E-state index is 13.8. The van der Waals surface area contributed by atoms with E-state index in [1.54, 1.807) is 31.2 Å². The topological polar surface area (TPSA) is 20.2 Å². The van der Waals surface area contributed by atoms with Crippen molar-refractivity contribution < 1.29 is 13.9 Å². The van der Waals surface area contributed by atoms with Gasteiger partial charge in [-0.25, -0.2) is 8.78 Å². The van der Waals surface area contributed by atoms with E-state index in [1.165, 1.54) is 18.2 Å². The van der Waals surface area contributed by atoms with Crippen molar-refractivity contribution >= 4 is 11.6 Å². The monoisotopic (exact) mass is 296 g/mol. The van der Waals surface area contributed by atoms with Crippen LogP contribution in [0.2, 0.25) is 5.02 Å². The van der Waals surface area contributed by atoms with Crippen molar-refractivity contribution in [3.8, 4) is 0 Å². The molecular formula is C16H15ClF2O. The summed E-state index contributed by atoms with van der Waals surface area (Å²) in [5, 5.41) is 10.4. The molecule has 0 aliphatic rings. The minimum atomic E-state index is -1.14. The normalized spacial score (nSPS) is 14.1.